The van der Waals surface area contributed by atoms with E-state index in [1.807, 2.05) is 42.2 Å². The second-order valence-electron chi connectivity index (χ2n) is 8.29. The molecule has 2 N–H and O–H groups in total. The van der Waals surface area contributed by atoms with Crippen LogP contribution >= 0.6 is 0 Å². The molecule has 1 aromatic heterocycles. The van der Waals surface area contributed by atoms with Crippen LogP contribution in [0.2, 0.25) is 0 Å². The zero-order chi connectivity index (χ0) is 23.0. The Bertz CT molecular complexity index is 940. The van der Waals surface area contributed by atoms with Crippen LogP contribution in [-0.4, -0.2) is 80.8 Å². The Morgan fingerprint density at radius 2 is 1.79 bits per heavy atom. The zero-order valence-electron chi connectivity index (χ0n) is 19.1. The van der Waals surface area contributed by atoms with Crippen LogP contribution in [-0.2, 0) is 9.53 Å². The van der Waals surface area contributed by atoms with Crippen molar-refractivity contribution in [3.63, 3.8) is 0 Å². The minimum absolute atomic E-state index is 0.0574. The van der Waals surface area contributed by atoms with Crippen LogP contribution in [0.5, 0.6) is 0 Å². The Morgan fingerprint density at radius 3 is 2.48 bits per heavy atom. The third kappa shape index (κ3) is 6.13. The maximum absolute atomic E-state index is 12.5. The van der Waals surface area contributed by atoms with Gasteiger partial charge in [-0.3, -0.25) is 4.79 Å². The Hall–Kier alpha value is -3.33. The maximum Gasteiger partial charge on any atom is 0.319 e. The highest BCUT2D eigenvalue weighted by atomic mass is 16.5. The summed E-state index contributed by atoms with van der Waals surface area (Å²) in [7, 11) is 0. The molecular formula is C24H32N6O3. The summed E-state index contributed by atoms with van der Waals surface area (Å²) in [4.78, 5) is 35.5. The molecule has 2 aliphatic heterocycles. The lowest BCUT2D eigenvalue weighted by molar-refractivity contribution is -0.131. The van der Waals surface area contributed by atoms with Crippen molar-refractivity contribution in [3.05, 3.63) is 48.2 Å². The highest BCUT2D eigenvalue weighted by Crippen LogP contribution is 2.23. The Morgan fingerprint density at radius 1 is 1.00 bits per heavy atom. The average molecular weight is 453 g/mol. The normalized spacial score (nSPS) is 16.5. The van der Waals surface area contributed by atoms with E-state index in [-0.39, 0.29) is 18.4 Å². The summed E-state index contributed by atoms with van der Waals surface area (Å²) in [5, 5.41) is 5.68. The zero-order valence-corrected chi connectivity index (χ0v) is 19.1. The number of hydrogen-bond acceptors (Lipinski definition) is 6. The van der Waals surface area contributed by atoms with Gasteiger partial charge in [-0.2, -0.15) is 0 Å². The van der Waals surface area contributed by atoms with Gasteiger partial charge in [0.1, 0.15) is 5.82 Å². The molecule has 3 amide bonds. The summed E-state index contributed by atoms with van der Waals surface area (Å²) in [5.41, 5.74) is 2.90. The monoisotopic (exact) mass is 452 g/mol. The number of nitrogens with one attached hydrogen (secondary N) is 2. The third-order valence-electron chi connectivity index (χ3n) is 6.06. The molecule has 176 valence electrons. The number of piperazine rings is 1. The average Bonchev–Trinajstić information content (AvgIpc) is 2.86. The standard InChI is InChI=1S/C24H32N6O3/c1-19-18-20(28-14-16-33-17-15-28)5-6-21(19)27-24(32)26-9-7-23(31)30-12-10-29(11-13-30)22-4-2-3-8-25-22/h2-6,8,18H,7,9-17H2,1H3,(H2,26,27,32). The summed E-state index contributed by atoms with van der Waals surface area (Å²) in [6.07, 6.45) is 2.06. The predicted octanol–water partition coefficient (Wildman–Crippen LogP) is 2.09. The molecule has 3 heterocycles. The van der Waals surface area contributed by atoms with Crippen LogP contribution < -0.4 is 20.4 Å². The molecular weight excluding hydrogens is 420 g/mol. The number of nitrogens with zero attached hydrogens (tertiary/aromatic N) is 4. The van der Waals surface area contributed by atoms with Crippen molar-refractivity contribution in [2.75, 3.05) is 74.1 Å². The summed E-state index contributed by atoms with van der Waals surface area (Å²) >= 11 is 0. The van der Waals surface area contributed by atoms with E-state index in [0.717, 1.165) is 62.1 Å². The predicted molar refractivity (Wildman–Crippen MR) is 129 cm³/mol. The number of anilines is 3. The van der Waals surface area contributed by atoms with E-state index in [1.165, 1.54) is 0 Å². The van der Waals surface area contributed by atoms with Crippen molar-refractivity contribution >= 4 is 29.1 Å². The van der Waals surface area contributed by atoms with E-state index in [9.17, 15) is 9.59 Å². The number of amides is 3. The number of pyridine rings is 1. The number of carbonyl (C=O) groups excluding carboxylic acids is 2. The lowest BCUT2D eigenvalue weighted by atomic mass is 10.1. The van der Waals surface area contributed by atoms with E-state index in [4.69, 9.17) is 4.74 Å². The highest BCUT2D eigenvalue weighted by Gasteiger charge is 2.21. The first-order valence-corrected chi connectivity index (χ1v) is 11.5. The number of urea groups is 1. The van der Waals surface area contributed by atoms with Crippen LogP contribution in [0.4, 0.5) is 22.0 Å². The molecule has 2 aromatic rings. The summed E-state index contributed by atoms with van der Waals surface area (Å²) in [6, 6.07) is 11.6. The van der Waals surface area contributed by atoms with E-state index < -0.39 is 0 Å². The molecule has 9 heteroatoms. The number of morpholine rings is 1. The van der Waals surface area contributed by atoms with E-state index in [1.54, 1.807) is 6.20 Å². The lowest BCUT2D eigenvalue weighted by Gasteiger charge is -2.35. The van der Waals surface area contributed by atoms with E-state index in [0.29, 0.717) is 19.6 Å². The van der Waals surface area contributed by atoms with Gasteiger partial charge in [-0.25, -0.2) is 9.78 Å². The van der Waals surface area contributed by atoms with Gasteiger partial charge in [0.25, 0.3) is 0 Å². The molecule has 0 atom stereocenters. The van der Waals surface area contributed by atoms with Crippen molar-refractivity contribution in [1.82, 2.24) is 15.2 Å². The molecule has 0 unspecified atom stereocenters. The summed E-state index contributed by atoms with van der Waals surface area (Å²) in [5.74, 6) is 0.998. The molecule has 0 spiro atoms. The molecule has 0 aliphatic carbocycles. The molecule has 2 saturated heterocycles. The minimum atomic E-state index is -0.301. The molecule has 2 aliphatic rings. The summed E-state index contributed by atoms with van der Waals surface area (Å²) in [6.45, 7) is 8.35. The number of aromatic nitrogens is 1. The van der Waals surface area contributed by atoms with Crippen LogP contribution in [0.1, 0.15) is 12.0 Å². The van der Waals surface area contributed by atoms with Gasteiger partial charge in [0.05, 0.1) is 13.2 Å². The second-order valence-corrected chi connectivity index (χ2v) is 8.29. The molecule has 2 fully saturated rings. The molecule has 9 nitrogen and oxygen atoms in total. The number of carbonyl (C=O) groups is 2. The Kier molecular flexibility index (Phi) is 7.62. The molecule has 33 heavy (non-hydrogen) atoms. The number of aryl methyl sites for hydroxylation is 1. The van der Waals surface area contributed by atoms with Gasteiger partial charge < -0.3 is 30.1 Å². The van der Waals surface area contributed by atoms with Crippen molar-refractivity contribution in [2.45, 2.75) is 13.3 Å². The third-order valence-corrected chi connectivity index (χ3v) is 6.06. The van der Waals surface area contributed by atoms with Gasteiger partial charge in [0.2, 0.25) is 5.91 Å². The van der Waals surface area contributed by atoms with Crippen molar-refractivity contribution < 1.29 is 14.3 Å². The minimum Gasteiger partial charge on any atom is -0.378 e. The van der Waals surface area contributed by atoms with Gasteiger partial charge in [-0.15, -0.1) is 0 Å². The first kappa shape index (κ1) is 22.8. The van der Waals surface area contributed by atoms with Gasteiger partial charge in [0.15, 0.2) is 0 Å². The Balaban J connectivity index is 1.18. The highest BCUT2D eigenvalue weighted by molar-refractivity contribution is 5.90. The smallest absolute Gasteiger partial charge is 0.319 e. The molecule has 0 radical (unpaired) electrons. The molecule has 0 bridgehead atoms. The van der Waals surface area contributed by atoms with Crippen molar-refractivity contribution in [1.29, 1.82) is 0 Å². The largest absolute Gasteiger partial charge is 0.378 e. The SMILES string of the molecule is Cc1cc(N2CCOCC2)ccc1NC(=O)NCCC(=O)N1CCN(c2ccccn2)CC1. The van der Waals surface area contributed by atoms with Crippen LogP contribution in [0.3, 0.4) is 0 Å². The molecule has 1 aromatic carbocycles. The fourth-order valence-electron chi connectivity index (χ4n) is 4.14. The lowest BCUT2D eigenvalue weighted by Crippen LogP contribution is -2.49. The van der Waals surface area contributed by atoms with Gasteiger partial charge >= 0.3 is 6.03 Å². The topological polar surface area (TPSA) is 90.0 Å². The number of rotatable bonds is 6. The first-order valence-electron chi connectivity index (χ1n) is 11.5. The van der Waals surface area contributed by atoms with E-state index in [2.05, 4.69) is 31.5 Å². The van der Waals surface area contributed by atoms with Crippen molar-refractivity contribution in [2.24, 2.45) is 0 Å². The Labute approximate surface area is 194 Å². The van der Waals surface area contributed by atoms with Gasteiger partial charge in [0, 0.05) is 69.8 Å². The maximum atomic E-state index is 12.5. The quantitative estimate of drug-likeness (QED) is 0.698. The first-order chi connectivity index (χ1) is 16.1. The fraction of sp³-hybridized carbons (Fsp3) is 0.458. The van der Waals surface area contributed by atoms with Crippen LogP contribution in [0.15, 0.2) is 42.6 Å². The van der Waals surface area contributed by atoms with Gasteiger partial charge in [-0.1, -0.05) is 6.07 Å². The molecule has 0 saturated carbocycles. The van der Waals surface area contributed by atoms with Crippen LogP contribution in [0, 0.1) is 6.92 Å². The van der Waals surface area contributed by atoms with Crippen molar-refractivity contribution in [3.8, 4) is 0 Å². The number of ether oxygens (including phenoxy) is 1. The second kappa shape index (κ2) is 11.0. The van der Waals surface area contributed by atoms with Gasteiger partial charge in [-0.05, 0) is 42.8 Å². The van der Waals surface area contributed by atoms with E-state index >= 15 is 0 Å². The summed E-state index contributed by atoms with van der Waals surface area (Å²) < 4.78 is 5.41. The molecule has 4 rings (SSSR count). The number of benzene rings is 1. The number of hydrogen-bond donors (Lipinski definition) is 2. The van der Waals surface area contributed by atoms with Crippen LogP contribution in [0.25, 0.3) is 0 Å². The fourth-order valence-corrected chi connectivity index (χ4v) is 4.14.